The number of hydrogen-bond donors (Lipinski definition) is 0. The molecule has 1 aliphatic carbocycles. The van der Waals surface area contributed by atoms with E-state index in [1.54, 1.807) is 7.11 Å². The fourth-order valence-corrected chi connectivity index (χ4v) is 3.55. The third kappa shape index (κ3) is 8.58. The molecule has 0 bridgehead atoms. The largest absolute Gasteiger partial charge is 0.381 e. The Bertz CT molecular complexity index is 720. The van der Waals surface area contributed by atoms with Crippen molar-refractivity contribution in [2.75, 3.05) is 13.7 Å². The fraction of sp³-hybridized carbons (Fsp3) is 0.640. The predicted octanol–water partition coefficient (Wildman–Crippen LogP) is 5.02. The molecule has 1 saturated carbocycles. The molecule has 1 aromatic rings. The van der Waals surface area contributed by atoms with Crippen LogP contribution in [0.1, 0.15) is 76.0 Å². The van der Waals surface area contributed by atoms with Crippen molar-refractivity contribution in [2.24, 2.45) is 0 Å². The Labute approximate surface area is 176 Å². The van der Waals surface area contributed by atoms with Crippen LogP contribution < -0.4 is 0 Å². The molecule has 4 heteroatoms. The van der Waals surface area contributed by atoms with Gasteiger partial charge in [0.1, 0.15) is 6.61 Å². The van der Waals surface area contributed by atoms with Crippen molar-refractivity contribution in [3.05, 3.63) is 34.9 Å². The summed E-state index contributed by atoms with van der Waals surface area (Å²) in [5.74, 6) is 6.16. The summed E-state index contributed by atoms with van der Waals surface area (Å²) < 4.78 is 17.1. The Morgan fingerprint density at radius 1 is 1.10 bits per heavy atom. The average molecular weight is 398 g/mol. The minimum atomic E-state index is 0.170. The smallest absolute Gasteiger partial charge is 0.108 e. The van der Waals surface area contributed by atoms with E-state index in [9.17, 15) is 5.26 Å². The highest BCUT2D eigenvalue weighted by Crippen LogP contribution is 2.28. The number of aryl methyl sites for hydroxylation is 1. The van der Waals surface area contributed by atoms with Crippen LogP contribution in [-0.4, -0.2) is 38.1 Å². The van der Waals surface area contributed by atoms with Gasteiger partial charge in [-0.15, -0.1) is 0 Å². The van der Waals surface area contributed by atoms with Crippen molar-refractivity contribution in [1.29, 1.82) is 5.26 Å². The van der Waals surface area contributed by atoms with E-state index in [1.165, 1.54) is 0 Å². The molecule has 1 aliphatic rings. The number of rotatable bonds is 11. The Kier molecular flexibility index (Phi) is 10.2. The van der Waals surface area contributed by atoms with Gasteiger partial charge in [0.15, 0.2) is 0 Å². The quantitative estimate of drug-likeness (QED) is 0.492. The lowest BCUT2D eigenvalue weighted by molar-refractivity contribution is -0.118. The van der Waals surface area contributed by atoms with Gasteiger partial charge in [0.2, 0.25) is 0 Å². The lowest BCUT2D eigenvalue weighted by Crippen LogP contribution is -2.39. The average Bonchev–Trinajstić information content (AvgIpc) is 2.67. The van der Waals surface area contributed by atoms with E-state index in [2.05, 4.69) is 30.9 Å². The van der Waals surface area contributed by atoms with Crippen LogP contribution in [0.3, 0.4) is 0 Å². The zero-order valence-corrected chi connectivity index (χ0v) is 18.4. The molecule has 0 amide bonds. The van der Waals surface area contributed by atoms with Gasteiger partial charge in [-0.25, -0.2) is 0 Å². The van der Waals surface area contributed by atoms with Gasteiger partial charge in [-0.2, -0.15) is 5.26 Å². The fourth-order valence-electron chi connectivity index (χ4n) is 3.55. The Hall–Kier alpha value is -1.85. The van der Waals surface area contributed by atoms with E-state index in [1.807, 2.05) is 26.0 Å². The maximum atomic E-state index is 9.34. The molecule has 1 fully saturated rings. The van der Waals surface area contributed by atoms with Crippen molar-refractivity contribution >= 4 is 0 Å². The second-order valence-corrected chi connectivity index (χ2v) is 8.08. The first kappa shape index (κ1) is 23.4. The molecular formula is C25H35NO3. The summed E-state index contributed by atoms with van der Waals surface area (Å²) in [4.78, 5) is 0. The van der Waals surface area contributed by atoms with Crippen LogP contribution in [0, 0.1) is 23.2 Å². The van der Waals surface area contributed by atoms with Crippen LogP contribution in [0.4, 0.5) is 0 Å². The first-order chi connectivity index (χ1) is 14.0. The van der Waals surface area contributed by atoms with E-state index in [-0.39, 0.29) is 6.10 Å². The molecule has 1 atom stereocenters. The molecule has 4 nitrogen and oxygen atoms in total. The van der Waals surface area contributed by atoms with Crippen LogP contribution >= 0.6 is 0 Å². The number of benzene rings is 1. The second kappa shape index (κ2) is 12.7. The molecule has 0 heterocycles. The van der Waals surface area contributed by atoms with E-state index in [0.717, 1.165) is 56.1 Å². The van der Waals surface area contributed by atoms with E-state index in [4.69, 9.17) is 14.2 Å². The lowest BCUT2D eigenvalue weighted by Gasteiger charge is -2.36. The number of hydrogen-bond acceptors (Lipinski definition) is 4. The standard InChI is InChI=1S/C25H35NO3/c1-5-8-23(29-25-16-24(17-25)27-4)11-6-9-20-13-21(15-22(14-20)18-26)10-7-12-28-19(2)3/h13-15,19,23-25H,5-6,8-9,11-12,16-17H2,1-4H3. The predicted molar refractivity (Wildman–Crippen MR) is 116 cm³/mol. The van der Waals surface area contributed by atoms with Crippen molar-refractivity contribution in [1.82, 2.24) is 0 Å². The molecular weight excluding hydrogens is 362 g/mol. The highest BCUT2D eigenvalue weighted by atomic mass is 16.5. The van der Waals surface area contributed by atoms with Crippen LogP contribution in [0.15, 0.2) is 18.2 Å². The van der Waals surface area contributed by atoms with E-state index < -0.39 is 0 Å². The van der Waals surface area contributed by atoms with Gasteiger partial charge in [-0.3, -0.25) is 0 Å². The first-order valence-corrected chi connectivity index (χ1v) is 10.9. The number of ether oxygens (including phenoxy) is 3. The summed E-state index contributed by atoms with van der Waals surface area (Å²) in [6.45, 7) is 6.60. The first-order valence-electron chi connectivity index (χ1n) is 10.9. The van der Waals surface area contributed by atoms with Gasteiger partial charge in [0, 0.05) is 12.7 Å². The molecule has 0 aliphatic heterocycles. The maximum Gasteiger partial charge on any atom is 0.108 e. The minimum Gasteiger partial charge on any atom is -0.381 e. The van der Waals surface area contributed by atoms with Gasteiger partial charge >= 0.3 is 0 Å². The van der Waals surface area contributed by atoms with Gasteiger partial charge in [0.05, 0.1) is 36.0 Å². The monoisotopic (exact) mass is 397 g/mol. The Balaban J connectivity index is 1.87. The molecule has 158 valence electrons. The van der Waals surface area contributed by atoms with Crippen molar-refractivity contribution in [3.63, 3.8) is 0 Å². The summed E-state index contributed by atoms with van der Waals surface area (Å²) in [5, 5.41) is 9.34. The summed E-state index contributed by atoms with van der Waals surface area (Å²) in [5.41, 5.74) is 2.71. The number of nitrogens with zero attached hydrogens (tertiary/aromatic N) is 1. The lowest BCUT2D eigenvalue weighted by atomic mass is 9.91. The van der Waals surface area contributed by atoms with E-state index in [0.29, 0.717) is 30.5 Å². The summed E-state index contributed by atoms with van der Waals surface area (Å²) in [6, 6.07) is 8.16. The highest BCUT2D eigenvalue weighted by molar-refractivity contribution is 5.45. The summed E-state index contributed by atoms with van der Waals surface area (Å²) in [6.07, 6.45) is 8.50. The van der Waals surface area contributed by atoms with E-state index >= 15 is 0 Å². The third-order valence-electron chi connectivity index (χ3n) is 5.22. The molecule has 29 heavy (non-hydrogen) atoms. The van der Waals surface area contributed by atoms with Gasteiger partial charge < -0.3 is 14.2 Å². The van der Waals surface area contributed by atoms with Gasteiger partial charge in [0.25, 0.3) is 0 Å². The topological polar surface area (TPSA) is 51.5 Å². The summed E-state index contributed by atoms with van der Waals surface area (Å²) in [7, 11) is 1.77. The highest BCUT2D eigenvalue weighted by Gasteiger charge is 2.31. The van der Waals surface area contributed by atoms with Crippen molar-refractivity contribution in [2.45, 2.75) is 90.1 Å². The maximum absolute atomic E-state index is 9.34. The molecule has 1 aromatic carbocycles. The van der Waals surface area contributed by atoms with Crippen LogP contribution in [0.2, 0.25) is 0 Å². The molecule has 2 rings (SSSR count). The summed E-state index contributed by atoms with van der Waals surface area (Å²) >= 11 is 0. The normalized spacial score (nSPS) is 19.2. The third-order valence-corrected chi connectivity index (χ3v) is 5.22. The van der Waals surface area contributed by atoms with Gasteiger partial charge in [-0.05, 0) is 76.1 Å². The minimum absolute atomic E-state index is 0.170. The second-order valence-electron chi connectivity index (χ2n) is 8.08. The van der Waals surface area contributed by atoms with Crippen molar-refractivity contribution in [3.8, 4) is 17.9 Å². The molecule has 1 unspecified atom stereocenters. The SMILES string of the molecule is CCCC(CCCc1cc(C#N)cc(C#CCOC(C)C)c1)OC1CC(OC)C1. The van der Waals surface area contributed by atoms with Crippen molar-refractivity contribution < 1.29 is 14.2 Å². The van der Waals surface area contributed by atoms with Gasteiger partial charge in [-0.1, -0.05) is 25.2 Å². The molecule has 0 aromatic heterocycles. The molecule has 0 N–H and O–H groups in total. The molecule has 0 saturated heterocycles. The molecule has 0 radical (unpaired) electrons. The zero-order chi connectivity index (χ0) is 21.1. The van der Waals surface area contributed by atoms with Crippen LogP contribution in [0.5, 0.6) is 0 Å². The Morgan fingerprint density at radius 2 is 1.86 bits per heavy atom. The number of nitriles is 1. The van der Waals surface area contributed by atoms with Crippen LogP contribution in [0.25, 0.3) is 0 Å². The number of methoxy groups -OCH3 is 1. The zero-order valence-electron chi connectivity index (χ0n) is 18.4. The Morgan fingerprint density at radius 3 is 2.52 bits per heavy atom. The van der Waals surface area contributed by atoms with Crippen LogP contribution in [-0.2, 0) is 20.6 Å². The molecule has 0 spiro atoms.